The van der Waals surface area contributed by atoms with Crippen molar-refractivity contribution in [1.29, 1.82) is 0 Å². The molecule has 0 radical (unpaired) electrons. The first-order valence-electron chi connectivity index (χ1n) is 2.37. The summed E-state index contributed by atoms with van der Waals surface area (Å²) in [6.45, 7) is 4.68. The maximum absolute atomic E-state index is 2.34. The van der Waals surface area contributed by atoms with Crippen LogP contribution in [0.1, 0.15) is 13.8 Å². The number of hydrogen-bond donors (Lipinski definition) is 0. The molecule has 0 nitrogen and oxygen atoms in total. The van der Waals surface area contributed by atoms with E-state index < -0.39 is 0 Å². The van der Waals surface area contributed by atoms with Crippen molar-refractivity contribution in [2.75, 3.05) is 0 Å². The average molecular weight is 309 g/mol. The second-order valence-electron chi connectivity index (χ2n) is 1.31. The van der Waals surface area contributed by atoms with E-state index >= 15 is 0 Å². The average Bonchev–Trinajstić information content (AvgIpc) is 1.65. The van der Waals surface area contributed by atoms with Crippen molar-refractivity contribution in [2.45, 2.75) is 24.4 Å². The molecule has 0 aliphatic rings. The summed E-state index contributed by atoms with van der Waals surface area (Å²) in [5.74, 6) is 0. The quantitative estimate of drug-likeness (QED) is 0.679. The van der Waals surface area contributed by atoms with Gasteiger partial charge in [-0.3, -0.25) is 0 Å². The molecular weight excluding hydrogens is 299 g/mol. The first-order chi connectivity index (χ1) is 2.81. The van der Waals surface area contributed by atoms with E-state index in [0.29, 0.717) is 0 Å². The Morgan fingerprint density at radius 1 is 1.33 bits per heavy atom. The van der Waals surface area contributed by atoms with E-state index in [4.69, 9.17) is 0 Å². The van der Waals surface area contributed by atoms with E-state index in [-0.39, 0.29) is 10.1 Å². The molecule has 0 rings (SSSR count). The molecular formula is C4H10GeHf+2. The van der Waals surface area contributed by atoms with Crippen LogP contribution in [0.15, 0.2) is 0 Å². The molecule has 6 heavy (non-hydrogen) atoms. The molecule has 0 amide bonds. The molecule has 0 aliphatic heterocycles. The molecule has 0 aromatic carbocycles. The van der Waals surface area contributed by atoms with Crippen LogP contribution in [-0.4, -0.2) is 10.1 Å². The van der Waals surface area contributed by atoms with E-state index in [1.807, 2.05) is 0 Å². The van der Waals surface area contributed by atoms with Gasteiger partial charge < -0.3 is 0 Å². The summed E-state index contributed by atoms with van der Waals surface area (Å²) in [5, 5.41) is 3.12. The van der Waals surface area contributed by atoms with Gasteiger partial charge in [-0.1, -0.05) is 0 Å². The van der Waals surface area contributed by atoms with Gasteiger partial charge in [0.25, 0.3) is 0 Å². The Morgan fingerprint density at radius 2 is 1.67 bits per heavy atom. The summed E-state index contributed by atoms with van der Waals surface area (Å²) >= 11 is 1.56. The van der Waals surface area contributed by atoms with Crippen molar-refractivity contribution >= 4 is 10.1 Å². The first kappa shape index (κ1) is 7.41. The van der Waals surface area contributed by atoms with Crippen molar-refractivity contribution in [1.82, 2.24) is 0 Å². The predicted octanol–water partition coefficient (Wildman–Crippen LogP) is 1.56. The zero-order valence-corrected chi connectivity index (χ0v) is 10.1. The Balaban J connectivity index is 2.99. The van der Waals surface area contributed by atoms with E-state index in [0.717, 1.165) is 0 Å². The van der Waals surface area contributed by atoms with Crippen molar-refractivity contribution in [3.63, 3.8) is 0 Å². The Bertz CT molecular complexity index is 45.5. The molecule has 0 N–H and O–H groups in total. The van der Waals surface area contributed by atoms with Gasteiger partial charge in [0.05, 0.1) is 0 Å². The molecule has 0 heterocycles. The second kappa shape index (κ2) is 4.57. The van der Waals surface area contributed by atoms with Crippen LogP contribution in [0.4, 0.5) is 0 Å². The van der Waals surface area contributed by atoms with Crippen LogP contribution in [0.5, 0.6) is 0 Å². The molecule has 2 heteroatoms. The molecule has 0 atom stereocenters. The van der Waals surface area contributed by atoms with Crippen LogP contribution in [-0.2, 0) is 21.3 Å². The van der Waals surface area contributed by atoms with Gasteiger partial charge in [0.15, 0.2) is 0 Å². The zero-order valence-electron chi connectivity index (χ0n) is 4.41. The first-order valence-corrected chi connectivity index (χ1v) is 15.7. The van der Waals surface area contributed by atoms with Gasteiger partial charge in [0.1, 0.15) is 0 Å². The van der Waals surface area contributed by atoms with E-state index in [9.17, 15) is 0 Å². The fourth-order valence-electron chi connectivity index (χ4n) is 0.250. The third-order valence-electron chi connectivity index (χ3n) is 0.854. The van der Waals surface area contributed by atoms with Gasteiger partial charge in [-0.15, -0.1) is 0 Å². The normalized spacial score (nSPS) is 8.67. The Labute approximate surface area is 55.4 Å². The molecule has 0 saturated heterocycles. The predicted molar refractivity (Wildman–Crippen MR) is 26.7 cm³/mol. The Hall–Kier alpha value is 1.41. The van der Waals surface area contributed by atoms with Crippen LogP contribution in [0.25, 0.3) is 0 Å². The fourth-order valence-corrected chi connectivity index (χ4v) is 1.30. The van der Waals surface area contributed by atoms with Crippen molar-refractivity contribution in [3.05, 3.63) is 0 Å². The standard InChI is InChI=1S/C4H10Ge.Hf/c1-3-5-4-2;/h3-4H2,1-2H3;/q;+2. The van der Waals surface area contributed by atoms with Crippen LogP contribution < -0.4 is 0 Å². The minimum absolute atomic E-state index is 0.241. The van der Waals surface area contributed by atoms with Gasteiger partial charge in [-0.25, -0.2) is 0 Å². The Kier molecular flexibility index (Phi) is 5.64. The summed E-state index contributed by atoms with van der Waals surface area (Å²) in [6, 6.07) is 0. The van der Waals surface area contributed by atoms with Crippen LogP contribution in [0.3, 0.4) is 0 Å². The molecule has 0 bridgehead atoms. The molecule has 0 saturated carbocycles. The fraction of sp³-hybridized carbons (Fsp3) is 1.00. The molecule has 0 aromatic heterocycles. The van der Waals surface area contributed by atoms with Gasteiger partial charge >= 0.3 is 55.7 Å². The zero-order chi connectivity index (χ0) is 4.99. The van der Waals surface area contributed by atoms with Gasteiger partial charge in [-0.05, 0) is 0 Å². The molecule has 0 aromatic rings. The third-order valence-corrected chi connectivity index (χ3v) is 17.6. The topological polar surface area (TPSA) is 0 Å². The Morgan fingerprint density at radius 3 is 1.67 bits per heavy atom. The molecule has 0 aliphatic carbocycles. The summed E-state index contributed by atoms with van der Waals surface area (Å²) in [5.41, 5.74) is 0. The molecule has 0 unspecified atom stereocenters. The van der Waals surface area contributed by atoms with E-state index in [1.54, 1.807) is 31.8 Å². The summed E-state index contributed by atoms with van der Waals surface area (Å²) in [6.07, 6.45) is 0. The molecule has 0 spiro atoms. The second-order valence-corrected chi connectivity index (χ2v) is 20.0. The SMILES string of the molecule is C[CH2][Ge](=[Hf+2])[CH2]C. The monoisotopic (exact) mass is 312 g/mol. The van der Waals surface area contributed by atoms with Crippen LogP contribution >= 0.6 is 0 Å². The summed E-state index contributed by atoms with van der Waals surface area (Å²) in [7, 11) is -0.241. The summed E-state index contributed by atoms with van der Waals surface area (Å²) in [4.78, 5) is 0. The minimum atomic E-state index is -0.241. The van der Waals surface area contributed by atoms with Gasteiger partial charge in [0.2, 0.25) is 0 Å². The molecule has 0 fully saturated rings. The molecule has 32 valence electrons. The van der Waals surface area contributed by atoms with Crippen molar-refractivity contribution in [3.8, 4) is 0 Å². The van der Waals surface area contributed by atoms with Crippen LogP contribution in [0.2, 0.25) is 10.5 Å². The van der Waals surface area contributed by atoms with E-state index in [1.165, 1.54) is 0 Å². The maximum atomic E-state index is 2.34. The van der Waals surface area contributed by atoms with Crippen molar-refractivity contribution < 1.29 is 21.3 Å². The van der Waals surface area contributed by atoms with Gasteiger partial charge in [-0.2, -0.15) is 0 Å². The van der Waals surface area contributed by atoms with E-state index in [2.05, 4.69) is 13.8 Å². The van der Waals surface area contributed by atoms with Crippen LogP contribution in [0, 0.1) is 0 Å². The number of hydrogen-bond acceptors (Lipinski definition) is 0. The van der Waals surface area contributed by atoms with Crippen molar-refractivity contribution in [2.24, 2.45) is 0 Å². The number of rotatable bonds is 2. The third kappa shape index (κ3) is 3.60. The van der Waals surface area contributed by atoms with Gasteiger partial charge in [0, 0.05) is 0 Å². The summed E-state index contributed by atoms with van der Waals surface area (Å²) < 4.78 is 0.